The molecule has 2 heteroatoms. The van der Waals surface area contributed by atoms with Gasteiger partial charge in [0.1, 0.15) is 0 Å². The highest BCUT2D eigenvalue weighted by Gasteiger charge is 2.30. The fourth-order valence-electron chi connectivity index (χ4n) is 1.55. The van der Waals surface area contributed by atoms with Gasteiger partial charge in [-0.15, -0.1) is 0 Å². The molecule has 0 amide bonds. The first-order valence-corrected chi connectivity index (χ1v) is 4.48. The quantitative estimate of drug-likeness (QED) is 0.630. The lowest BCUT2D eigenvalue weighted by atomic mass is 9.87. The lowest BCUT2D eigenvalue weighted by Crippen LogP contribution is -2.38. The monoisotopic (exact) mass is 158 g/mol. The van der Waals surface area contributed by atoms with Gasteiger partial charge in [-0.25, -0.2) is 0 Å². The van der Waals surface area contributed by atoms with Crippen molar-refractivity contribution in [3.05, 3.63) is 0 Å². The van der Waals surface area contributed by atoms with E-state index in [4.69, 9.17) is 4.74 Å². The second-order valence-corrected chi connectivity index (χ2v) is 3.63. The molecule has 0 bridgehead atoms. The van der Waals surface area contributed by atoms with E-state index >= 15 is 0 Å². The SMILES string of the molecule is CCC1C[C@H](C)C(C)[C@@H](O)O1. The van der Waals surface area contributed by atoms with E-state index in [0.717, 1.165) is 12.8 Å². The Morgan fingerprint density at radius 1 is 1.45 bits per heavy atom. The van der Waals surface area contributed by atoms with E-state index in [2.05, 4.69) is 13.8 Å². The number of aliphatic hydroxyl groups excluding tert-OH is 1. The molecule has 0 radical (unpaired) electrons. The molecule has 2 nitrogen and oxygen atoms in total. The van der Waals surface area contributed by atoms with Crippen molar-refractivity contribution < 1.29 is 9.84 Å². The molecule has 1 saturated heterocycles. The summed E-state index contributed by atoms with van der Waals surface area (Å²) in [7, 11) is 0. The number of rotatable bonds is 1. The normalized spacial score (nSPS) is 45.8. The zero-order valence-electron chi connectivity index (χ0n) is 7.58. The first-order valence-electron chi connectivity index (χ1n) is 4.48. The summed E-state index contributed by atoms with van der Waals surface area (Å²) in [4.78, 5) is 0. The van der Waals surface area contributed by atoms with Crippen molar-refractivity contribution in [1.29, 1.82) is 0 Å². The summed E-state index contributed by atoms with van der Waals surface area (Å²) >= 11 is 0. The fraction of sp³-hybridized carbons (Fsp3) is 1.00. The van der Waals surface area contributed by atoms with Crippen molar-refractivity contribution in [3.63, 3.8) is 0 Å². The minimum absolute atomic E-state index is 0.274. The molecule has 1 aliphatic rings. The van der Waals surface area contributed by atoms with Crippen LogP contribution in [0.25, 0.3) is 0 Å². The number of hydrogen-bond acceptors (Lipinski definition) is 2. The van der Waals surface area contributed by atoms with E-state index in [1.54, 1.807) is 0 Å². The van der Waals surface area contributed by atoms with Crippen LogP contribution in [-0.4, -0.2) is 17.5 Å². The smallest absolute Gasteiger partial charge is 0.157 e. The molecule has 4 atom stereocenters. The summed E-state index contributed by atoms with van der Waals surface area (Å²) in [5, 5.41) is 9.43. The molecule has 1 N–H and O–H groups in total. The summed E-state index contributed by atoms with van der Waals surface area (Å²) in [6, 6.07) is 0. The van der Waals surface area contributed by atoms with E-state index in [1.807, 2.05) is 6.92 Å². The van der Waals surface area contributed by atoms with Crippen molar-refractivity contribution in [2.75, 3.05) is 0 Å². The van der Waals surface area contributed by atoms with Crippen molar-refractivity contribution in [1.82, 2.24) is 0 Å². The highest BCUT2D eigenvalue weighted by atomic mass is 16.6. The summed E-state index contributed by atoms with van der Waals surface area (Å²) in [6.45, 7) is 6.32. The molecule has 0 aliphatic carbocycles. The predicted octanol–water partition coefficient (Wildman–Crippen LogP) is 1.78. The number of hydrogen-bond donors (Lipinski definition) is 1. The fourth-order valence-corrected chi connectivity index (χ4v) is 1.55. The predicted molar refractivity (Wildman–Crippen MR) is 44.1 cm³/mol. The van der Waals surface area contributed by atoms with Gasteiger partial charge in [-0.2, -0.15) is 0 Å². The van der Waals surface area contributed by atoms with E-state index < -0.39 is 6.29 Å². The van der Waals surface area contributed by atoms with Gasteiger partial charge in [0.05, 0.1) is 6.10 Å². The van der Waals surface area contributed by atoms with Crippen LogP contribution < -0.4 is 0 Å². The summed E-state index contributed by atoms with van der Waals surface area (Å²) in [5.41, 5.74) is 0. The van der Waals surface area contributed by atoms with Crippen LogP contribution >= 0.6 is 0 Å². The Hall–Kier alpha value is -0.0800. The van der Waals surface area contributed by atoms with Crippen molar-refractivity contribution in [3.8, 4) is 0 Å². The lowest BCUT2D eigenvalue weighted by Gasteiger charge is -2.35. The minimum Gasteiger partial charge on any atom is -0.368 e. The molecular weight excluding hydrogens is 140 g/mol. The average Bonchev–Trinajstić information content (AvgIpc) is 1.99. The van der Waals surface area contributed by atoms with Gasteiger partial charge in [0.2, 0.25) is 0 Å². The van der Waals surface area contributed by atoms with Gasteiger partial charge in [0.25, 0.3) is 0 Å². The van der Waals surface area contributed by atoms with Crippen molar-refractivity contribution >= 4 is 0 Å². The third-order valence-corrected chi connectivity index (χ3v) is 2.77. The maximum absolute atomic E-state index is 9.43. The van der Waals surface area contributed by atoms with Gasteiger partial charge in [-0.3, -0.25) is 0 Å². The average molecular weight is 158 g/mol. The van der Waals surface area contributed by atoms with Gasteiger partial charge in [0.15, 0.2) is 6.29 Å². The third-order valence-electron chi connectivity index (χ3n) is 2.77. The molecule has 0 aromatic rings. The van der Waals surface area contributed by atoms with Crippen LogP contribution in [0.15, 0.2) is 0 Å². The van der Waals surface area contributed by atoms with Gasteiger partial charge in [0, 0.05) is 5.92 Å². The lowest BCUT2D eigenvalue weighted by molar-refractivity contribution is -0.204. The number of ether oxygens (including phenoxy) is 1. The van der Waals surface area contributed by atoms with Gasteiger partial charge >= 0.3 is 0 Å². The van der Waals surface area contributed by atoms with Crippen LogP contribution in [-0.2, 0) is 4.74 Å². The zero-order valence-corrected chi connectivity index (χ0v) is 7.58. The Morgan fingerprint density at radius 2 is 2.09 bits per heavy atom. The molecule has 0 saturated carbocycles. The molecule has 1 aliphatic heterocycles. The number of aliphatic hydroxyl groups is 1. The van der Waals surface area contributed by atoms with Crippen LogP contribution in [0.3, 0.4) is 0 Å². The second kappa shape index (κ2) is 3.55. The molecule has 1 rings (SSSR count). The maximum Gasteiger partial charge on any atom is 0.157 e. The highest BCUT2D eigenvalue weighted by Crippen LogP contribution is 2.29. The van der Waals surface area contributed by atoms with E-state index in [0.29, 0.717) is 5.92 Å². The first kappa shape index (κ1) is 9.01. The van der Waals surface area contributed by atoms with Crippen LogP contribution in [0.1, 0.15) is 33.6 Å². The minimum atomic E-state index is -0.538. The third kappa shape index (κ3) is 1.94. The highest BCUT2D eigenvalue weighted by molar-refractivity contribution is 4.74. The standard InChI is InChI=1S/C9H18O2/c1-4-8-5-6(2)7(3)9(10)11-8/h6-10H,4-5H2,1-3H3/t6-,7?,8?,9-/m0/s1. The Morgan fingerprint density at radius 3 is 2.55 bits per heavy atom. The maximum atomic E-state index is 9.43. The molecule has 0 aromatic carbocycles. The zero-order chi connectivity index (χ0) is 8.43. The Balaban J connectivity index is 2.47. The molecule has 0 spiro atoms. The molecule has 0 aromatic heterocycles. The van der Waals surface area contributed by atoms with Crippen LogP contribution in [0.2, 0.25) is 0 Å². The van der Waals surface area contributed by atoms with E-state index in [9.17, 15) is 5.11 Å². The molecule has 1 heterocycles. The van der Waals surface area contributed by atoms with Crippen molar-refractivity contribution in [2.24, 2.45) is 11.8 Å². The Bertz CT molecular complexity index is 113. The molecule has 11 heavy (non-hydrogen) atoms. The van der Waals surface area contributed by atoms with E-state index in [1.165, 1.54) is 0 Å². The van der Waals surface area contributed by atoms with Crippen molar-refractivity contribution in [2.45, 2.75) is 46.0 Å². The summed E-state index contributed by atoms with van der Waals surface area (Å²) in [6.07, 6.45) is 1.84. The van der Waals surface area contributed by atoms with Crippen LogP contribution in [0.4, 0.5) is 0 Å². The Labute approximate surface area is 68.6 Å². The van der Waals surface area contributed by atoms with Gasteiger partial charge < -0.3 is 9.84 Å². The summed E-state index contributed by atoms with van der Waals surface area (Å²) in [5.74, 6) is 0.876. The van der Waals surface area contributed by atoms with E-state index in [-0.39, 0.29) is 12.0 Å². The topological polar surface area (TPSA) is 29.5 Å². The second-order valence-electron chi connectivity index (χ2n) is 3.63. The molecule has 1 fully saturated rings. The Kier molecular flexibility index (Phi) is 2.90. The van der Waals surface area contributed by atoms with Crippen LogP contribution in [0, 0.1) is 11.8 Å². The molecular formula is C9H18O2. The molecule has 2 unspecified atom stereocenters. The summed E-state index contributed by atoms with van der Waals surface area (Å²) < 4.78 is 5.37. The first-order chi connectivity index (χ1) is 5.15. The van der Waals surface area contributed by atoms with Gasteiger partial charge in [-0.1, -0.05) is 20.8 Å². The largest absolute Gasteiger partial charge is 0.368 e. The molecule has 66 valence electrons. The van der Waals surface area contributed by atoms with Gasteiger partial charge in [-0.05, 0) is 18.8 Å². The van der Waals surface area contributed by atoms with Crippen LogP contribution in [0.5, 0.6) is 0 Å².